The smallest absolute Gasteiger partial charge is 0.223 e. The van der Waals surface area contributed by atoms with Crippen molar-refractivity contribution in [3.63, 3.8) is 0 Å². The Bertz CT molecular complexity index is 820. The van der Waals surface area contributed by atoms with E-state index in [2.05, 4.69) is 18.6 Å². The largest absolute Gasteiger partial charge is 0.376 e. The SMILES string of the molecule is CC(C)C1CCC(OC[C@@H]2[C@H](NS(C)(=O)=O)CCCN2C(=O)CCc2ccccc2)CC1. The van der Waals surface area contributed by atoms with E-state index < -0.39 is 10.0 Å². The molecule has 1 aromatic carbocycles. The van der Waals surface area contributed by atoms with Crippen molar-refractivity contribution in [3.8, 4) is 0 Å². The van der Waals surface area contributed by atoms with Gasteiger partial charge in [0.15, 0.2) is 0 Å². The van der Waals surface area contributed by atoms with Crippen LogP contribution in [0.15, 0.2) is 30.3 Å². The van der Waals surface area contributed by atoms with Gasteiger partial charge in [-0.25, -0.2) is 13.1 Å². The lowest BCUT2D eigenvalue weighted by Crippen LogP contribution is -2.59. The topological polar surface area (TPSA) is 75.7 Å². The second kappa shape index (κ2) is 11.6. The first-order valence-electron chi connectivity index (χ1n) is 12.1. The number of sulfonamides is 1. The van der Waals surface area contributed by atoms with Crippen molar-refractivity contribution in [3.05, 3.63) is 35.9 Å². The van der Waals surface area contributed by atoms with Gasteiger partial charge < -0.3 is 9.64 Å². The Morgan fingerprint density at radius 2 is 1.81 bits per heavy atom. The number of ether oxygens (including phenoxy) is 1. The van der Waals surface area contributed by atoms with Crippen LogP contribution in [0.4, 0.5) is 0 Å². The summed E-state index contributed by atoms with van der Waals surface area (Å²) in [7, 11) is -3.36. The Morgan fingerprint density at radius 3 is 2.44 bits per heavy atom. The Balaban J connectivity index is 1.63. The third-order valence-corrected chi connectivity index (χ3v) is 7.83. The van der Waals surface area contributed by atoms with Crippen molar-refractivity contribution in [2.24, 2.45) is 11.8 Å². The number of benzene rings is 1. The summed E-state index contributed by atoms with van der Waals surface area (Å²) in [5.74, 6) is 1.54. The third kappa shape index (κ3) is 7.56. The lowest BCUT2D eigenvalue weighted by molar-refractivity contribution is -0.138. The van der Waals surface area contributed by atoms with Gasteiger partial charge in [0.25, 0.3) is 0 Å². The van der Waals surface area contributed by atoms with Gasteiger partial charge in [-0.3, -0.25) is 4.79 Å². The predicted octanol–water partition coefficient (Wildman–Crippen LogP) is 3.76. The summed E-state index contributed by atoms with van der Waals surface area (Å²) in [5.41, 5.74) is 1.14. The highest BCUT2D eigenvalue weighted by molar-refractivity contribution is 7.88. The molecule has 6 nitrogen and oxygen atoms in total. The quantitative estimate of drug-likeness (QED) is 0.604. The van der Waals surface area contributed by atoms with Crippen molar-refractivity contribution in [2.45, 2.75) is 83.4 Å². The third-order valence-electron chi connectivity index (χ3n) is 7.10. The fraction of sp³-hybridized carbons (Fsp3) is 0.720. The Labute approximate surface area is 194 Å². The van der Waals surface area contributed by atoms with Gasteiger partial charge in [0, 0.05) is 19.0 Å². The van der Waals surface area contributed by atoms with E-state index in [9.17, 15) is 13.2 Å². The minimum absolute atomic E-state index is 0.0750. The van der Waals surface area contributed by atoms with Gasteiger partial charge in [-0.15, -0.1) is 0 Å². The first-order valence-corrected chi connectivity index (χ1v) is 14.0. The molecule has 0 unspecified atom stereocenters. The van der Waals surface area contributed by atoms with Crippen LogP contribution in [0.3, 0.4) is 0 Å². The Morgan fingerprint density at radius 1 is 1.12 bits per heavy atom. The van der Waals surface area contributed by atoms with Crippen LogP contribution < -0.4 is 4.72 Å². The summed E-state index contributed by atoms with van der Waals surface area (Å²) in [5, 5.41) is 0. The molecule has 2 fully saturated rings. The molecule has 32 heavy (non-hydrogen) atoms. The zero-order valence-corrected chi connectivity index (χ0v) is 20.6. The van der Waals surface area contributed by atoms with E-state index in [0.29, 0.717) is 31.9 Å². The molecule has 3 rings (SSSR count). The molecule has 1 saturated carbocycles. The number of nitrogens with zero attached hydrogens (tertiary/aromatic N) is 1. The maximum Gasteiger partial charge on any atom is 0.223 e. The first-order chi connectivity index (χ1) is 15.2. The monoisotopic (exact) mass is 464 g/mol. The minimum atomic E-state index is -3.36. The van der Waals surface area contributed by atoms with Crippen LogP contribution in [0.25, 0.3) is 0 Å². The highest BCUT2D eigenvalue weighted by Gasteiger charge is 2.36. The summed E-state index contributed by atoms with van der Waals surface area (Å²) in [6.07, 6.45) is 8.46. The Kier molecular flexibility index (Phi) is 9.14. The van der Waals surface area contributed by atoms with Crippen LogP contribution in [-0.4, -0.2) is 56.8 Å². The number of carbonyl (C=O) groups is 1. The van der Waals surface area contributed by atoms with Crippen molar-refractivity contribution >= 4 is 15.9 Å². The summed E-state index contributed by atoms with van der Waals surface area (Å²) < 4.78 is 33.1. The molecule has 0 bridgehead atoms. The van der Waals surface area contributed by atoms with Crippen LogP contribution in [-0.2, 0) is 26.0 Å². The molecule has 1 aliphatic carbocycles. The zero-order valence-electron chi connectivity index (χ0n) is 19.8. The normalized spacial score (nSPS) is 26.9. The molecule has 1 amide bonds. The summed E-state index contributed by atoms with van der Waals surface area (Å²) in [6.45, 7) is 5.62. The van der Waals surface area contributed by atoms with Crippen LogP contribution >= 0.6 is 0 Å². The molecule has 0 aromatic heterocycles. The van der Waals surface area contributed by atoms with Crippen LogP contribution in [0, 0.1) is 11.8 Å². The molecular formula is C25H40N2O4S. The van der Waals surface area contributed by atoms with E-state index >= 15 is 0 Å². The summed E-state index contributed by atoms with van der Waals surface area (Å²) in [6, 6.07) is 9.45. The van der Waals surface area contributed by atoms with Gasteiger partial charge in [-0.2, -0.15) is 0 Å². The summed E-state index contributed by atoms with van der Waals surface area (Å²) >= 11 is 0. The first kappa shape index (κ1) is 25.2. The molecule has 0 spiro atoms. The van der Waals surface area contributed by atoms with Gasteiger partial charge in [0.1, 0.15) is 0 Å². The van der Waals surface area contributed by atoms with Gasteiger partial charge in [-0.1, -0.05) is 44.2 Å². The highest BCUT2D eigenvalue weighted by atomic mass is 32.2. The van der Waals surface area contributed by atoms with E-state index in [-0.39, 0.29) is 24.1 Å². The number of amides is 1. The number of nitrogens with one attached hydrogen (secondary N) is 1. The lowest BCUT2D eigenvalue weighted by Gasteiger charge is -2.42. The van der Waals surface area contributed by atoms with Crippen LogP contribution in [0.2, 0.25) is 0 Å². The fourth-order valence-corrected chi connectivity index (χ4v) is 6.01. The van der Waals surface area contributed by atoms with E-state index in [1.165, 1.54) is 19.1 Å². The van der Waals surface area contributed by atoms with Crippen LogP contribution in [0.1, 0.15) is 64.4 Å². The van der Waals surface area contributed by atoms with Crippen molar-refractivity contribution in [1.82, 2.24) is 9.62 Å². The van der Waals surface area contributed by atoms with Crippen molar-refractivity contribution in [1.29, 1.82) is 0 Å². The molecular weight excluding hydrogens is 424 g/mol. The number of carbonyl (C=O) groups excluding carboxylic acids is 1. The lowest BCUT2D eigenvalue weighted by atomic mass is 9.80. The molecule has 2 atom stereocenters. The number of piperidine rings is 1. The molecule has 1 saturated heterocycles. The molecule has 1 N–H and O–H groups in total. The molecule has 1 aromatic rings. The minimum Gasteiger partial charge on any atom is -0.376 e. The van der Waals surface area contributed by atoms with Gasteiger partial charge in [-0.05, 0) is 62.3 Å². The molecule has 2 aliphatic rings. The number of likely N-dealkylation sites (tertiary alicyclic amines) is 1. The average Bonchev–Trinajstić information content (AvgIpc) is 2.76. The second-order valence-electron chi connectivity index (χ2n) is 9.89. The average molecular weight is 465 g/mol. The van der Waals surface area contributed by atoms with E-state index in [4.69, 9.17) is 4.74 Å². The zero-order chi connectivity index (χ0) is 23.1. The number of rotatable bonds is 9. The second-order valence-corrected chi connectivity index (χ2v) is 11.7. The molecule has 180 valence electrons. The fourth-order valence-electron chi connectivity index (χ4n) is 5.18. The number of hydrogen-bond donors (Lipinski definition) is 1. The number of aryl methyl sites for hydroxylation is 1. The Hall–Kier alpha value is -1.44. The highest BCUT2D eigenvalue weighted by Crippen LogP contribution is 2.32. The molecule has 1 aliphatic heterocycles. The van der Waals surface area contributed by atoms with E-state index in [1.54, 1.807) is 0 Å². The maximum atomic E-state index is 13.2. The van der Waals surface area contributed by atoms with Gasteiger partial charge in [0.2, 0.25) is 15.9 Å². The molecule has 0 radical (unpaired) electrons. The van der Waals surface area contributed by atoms with Gasteiger partial charge in [0.05, 0.1) is 25.0 Å². The van der Waals surface area contributed by atoms with E-state index in [0.717, 1.165) is 37.2 Å². The van der Waals surface area contributed by atoms with Gasteiger partial charge >= 0.3 is 0 Å². The molecule has 1 heterocycles. The molecule has 7 heteroatoms. The summed E-state index contributed by atoms with van der Waals surface area (Å²) in [4.78, 5) is 15.0. The van der Waals surface area contributed by atoms with Crippen molar-refractivity contribution < 1.29 is 17.9 Å². The maximum absolute atomic E-state index is 13.2. The van der Waals surface area contributed by atoms with Crippen molar-refractivity contribution in [2.75, 3.05) is 19.4 Å². The number of hydrogen-bond acceptors (Lipinski definition) is 4. The standard InChI is InChI=1S/C25H40N2O4S/c1-19(2)21-12-14-22(15-13-21)31-18-24-23(26-32(3,29)30)10-7-17-27(24)25(28)16-11-20-8-5-4-6-9-20/h4-6,8-9,19,21-24,26H,7,10-18H2,1-3H3/t21?,22?,23-,24-/m1/s1. The predicted molar refractivity (Wildman–Crippen MR) is 128 cm³/mol. The van der Waals surface area contributed by atoms with E-state index in [1.807, 2.05) is 35.2 Å². The van der Waals surface area contributed by atoms with Crippen LogP contribution in [0.5, 0.6) is 0 Å².